The van der Waals surface area contributed by atoms with Crippen molar-refractivity contribution in [3.05, 3.63) is 23.3 Å². The third-order valence-corrected chi connectivity index (χ3v) is 10.5. The number of carbonyl (C=O) groups is 1. The number of sulfonamides is 1. The molecule has 9 nitrogen and oxygen atoms in total. The minimum Gasteiger partial charge on any atom is -0.497 e. The van der Waals surface area contributed by atoms with Crippen molar-refractivity contribution in [1.82, 2.24) is 19.0 Å². The van der Waals surface area contributed by atoms with E-state index in [0.717, 1.165) is 43.3 Å². The average molecular weight is 573 g/mol. The smallest absolute Gasteiger partial charge is 0.251 e. The van der Waals surface area contributed by atoms with Crippen LogP contribution in [0.15, 0.2) is 17.0 Å². The fourth-order valence-corrected chi connectivity index (χ4v) is 8.08. The standard InChI is InChI=1S/C27H42F2N4O5S/c1-20-15-24(37-4)16-21(2)26(20)39(35,36)33-10-7-27(28,29)17-23(33)18-38-19-25(34)32-8-5-22(6-9-32)31-13-11-30(3)12-14-31/h15-16,22-23H,5-14,17-19H2,1-4H3/t23-/m0/s1. The van der Waals surface area contributed by atoms with Gasteiger partial charge in [-0.1, -0.05) is 0 Å². The van der Waals surface area contributed by atoms with Crippen LogP contribution in [0.4, 0.5) is 8.78 Å². The lowest BCUT2D eigenvalue weighted by atomic mass is 10.0. The Bertz CT molecular complexity index is 1100. The lowest BCUT2D eigenvalue weighted by molar-refractivity contribution is -0.139. The summed E-state index contributed by atoms with van der Waals surface area (Å²) < 4.78 is 68.1. The van der Waals surface area contributed by atoms with Crippen LogP contribution in [0, 0.1) is 13.8 Å². The first kappa shape index (κ1) is 30.1. The van der Waals surface area contributed by atoms with Crippen molar-refractivity contribution in [1.29, 1.82) is 0 Å². The molecule has 0 unspecified atom stereocenters. The Labute approximate surface area is 231 Å². The number of halogens is 2. The number of hydrogen-bond acceptors (Lipinski definition) is 7. The van der Waals surface area contributed by atoms with Gasteiger partial charge in [0.1, 0.15) is 12.4 Å². The molecule has 0 aliphatic carbocycles. The number of alkyl halides is 2. The molecule has 1 aromatic rings. The molecule has 3 heterocycles. The maximum atomic E-state index is 14.4. The fraction of sp³-hybridized carbons (Fsp3) is 0.741. The van der Waals surface area contributed by atoms with E-state index in [-0.39, 0.29) is 30.6 Å². The summed E-state index contributed by atoms with van der Waals surface area (Å²) >= 11 is 0. The van der Waals surface area contributed by atoms with Crippen molar-refractivity contribution in [2.45, 2.75) is 62.4 Å². The number of carbonyl (C=O) groups excluding carboxylic acids is 1. The highest BCUT2D eigenvalue weighted by atomic mass is 32.2. The fourth-order valence-electron chi connectivity index (χ4n) is 6.06. The van der Waals surface area contributed by atoms with Gasteiger partial charge in [0, 0.05) is 64.7 Å². The van der Waals surface area contributed by atoms with E-state index in [1.165, 1.54) is 7.11 Å². The SMILES string of the molecule is COc1cc(C)c(S(=O)(=O)N2CCC(F)(F)C[C@H]2COCC(=O)N2CCC(N3CCN(C)CC3)CC2)c(C)c1. The molecule has 12 heteroatoms. The molecule has 4 rings (SSSR count). The van der Waals surface area contributed by atoms with Gasteiger partial charge in [-0.15, -0.1) is 0 Å². The number of benzene rings is 1. The van der Waals surface area contributed by atoms with E-state index in [9.17, 15) is 22.0 Å². The zero-order chi connectivity index (χ0) is 28.4. The summed E-state index contributed by atoms with van der Waals surface area (Å²) in [5, 5.41) is 0. The summed E-state index contributed by atoms with van der Waals surface area (Å²) in [5.74, 6) is -2.66. The van der Waals surface area contributed by atoms with Crippen LogP contribution >= 0.6 is 0 Å². The largest absolute Gasteiger partial charge is 0.497 e. The number of likely N-dealkylation sites (tertiary alicyclic amines) is 1. The molecule has 1 amide bonds. The van der Waals surface area contributed by atoms with Crippen LogP contribution in [0.2, 0.25) is 0 Å². The monoisotopic (exact) mass is 572 g/mol. The number of piperidine rings is 2. The van der Waals surface area contributed by atoms with Gasteiger partial charge in [-0.05, 0) is 57.0 Å². The average Bonchev–Trinajstić information content (AvgIpc) is 2.88. The number of amides is 1. The van der Waals surface area contributed by atoms with Crippen molar-refractivity contribution in [2.75, 3.05) is 73.2 Å². The molecule has 3 aliphatic heterocycles. The van der Waals surface area contributed by atoms with E-state index < -0.39 is 34.8 Å². The highest BCUT2D eigenvalue weighted by Crippen LogP contribution is 2.37. The predicted molar refractivity (Wildman–Crippen MR) is 144 cm³/mol. The number of rotatable bonds is 8. The van der Waals surface area contributed by atoms with Crippen LogP contribution in [0.25, 0.3) is 0 Å². The molecular formula is C27H42F2N4O5S. The molecule has 1 aromatic carbocycles. The molecule has 0 saturated carbocycles. The Kier molecular flexibility index (Phi) is 9.52. The summed E-state index contributed by atoms with van der Waals surface area (Å²) in [7, 11) is -0.450. The van der Waals surface area contributed by atoms with Crippen molar-refractivity contribution >= 4 is 15.9 Å². The third-order valence-electron chi connectivity index (χ3n) is 8.28. The zero-order valence-corrected chi connectivity index (χ0v) is 24.3. The Morgan fingerprint density at radius 3 is 2.23 bits per heavy atom. The highest BCUT2D eigenvalue weighted by molar-refractivity contribution is 7.89. The van der Waals surface area contributed by atoms with Crippen molar-refractivity contribution in [3.63, 3.8) is 0 Å². The number of nitrogens with zero attached hydrogens (tertiary/aromatic N) is 4. The molecule has 0 aromatic heterocycles. The third kappa shape index (κ3) is 7.08. The number of ether oxygens (including phenoxy) is 2. The lowest BCUT2D eigenvalue weighted by Crippen LogP contribution is -2.53. The maximum Gasteiger partial charge on any atom is 0.251 e. The van der Waals surface area contributed by atoms with Crippen molar-refractivity contribution in [2.24, 2.45) is 0 Å². The van der Waals surface area contributed by atoms with E-state index in [1.54, 1.807) is 30.9 Å². The van der Waals surface area contributed by atoms with Crippen LogP contribution in [-0.2, 0) is 19.6 Å². The summed E-state index contributed by atoms with van der Waals surface area (Å²) in [6.45, 7) is 7.95. The van der Waals surface area contributed by atoms with E-state index in [1.807, 2.05) is 0 Å². The van der Waals surface area contributed by atoms with Gasteiger partial charge in [0.2, 0.25) is 15.9 Å². The summed E-state index contributed by atoms with van der Waals surface area (Å²) in [5.41, 5.74) is 0.970. The molecule has 220 valence electrons. The predicted octanol–water partition coefficient (Wildman–Crippen LogP) is 2.36. The molecule has 0 bridgehead atoms. The maximum absolute atomic E-state index is 14.4. The van der Waals surface area contributed by atoms with Crippen LogP contribution in [0.1, 0.15) is 36.8 Å². The molecule has 3 fully saturated rings. The Hall–Kier alpha value is -1.86. The summed E-state index contributed by atoms with van der Waals surface area (Å²) in [6, 6.07) is 2.64. The van der Waals surface area contributed by atoms with Gasteiger partial charge in [0.05, 0.1) is 24.7 Å². The van der Waals surface area contributed by atoms with Crippen molar-refractivity contribution < 1.29 is 31.5 Å². The second-order valence-corrected chi connectivity index (χ2v) is 13.0. The first-order valence-corrected chi connectivity index (χ1v) is 15.2. The van der Waals surface area contributed by atoms with Crippen LogP contribution in [-0.4, -0.2) is 125 Å². The minimum absolute atomic E-state index is 0.0952. The first-order valence-electron chi connectivity index (χ1n) is 13.7. The molecule has 0 radical (unpaired) electrons. The van der Waals surface area contributed by atoms with Gasteiger partial charge in [0.15, 0.2) is 0 Å². The molecule has 0 N–H and O–H groups in total. The molecule has 1 atom stereocenters. The lowest BCUT2D eigenvalue weighted by Gasteiger charge is -2.42. The van der Waals surface area contributed by atoms with Crippen molar-refractivity contribution in [3.8, 4) is 5.75 Å². The van der Waals surface area contributed by atoms with Crippen LogP contribution < -0.4 is 4.74 Å². The summed E-state index contributed by atoms with van der Waals surface area (Å²) in [6.07, 6.45) is 0.594. The van der Waals surface area contributed by atoms with Gasteiger partial charge < -0.3 is 19.3 Å². The van der Waals surface area contributed by atoms with Crippen LogP contribution in [0.5, 0.6) is 5.75 Å². The molecule has 0 spiro atoms. The molecule has 3 saturated heterocycles. The zero-order valence-electron chi connectivity index (χ0n) is 23.5. The number of piperazine rings is 1. The highest BCUT2D eigenvalue weighted by Gasteiger charge is 2.46. The van der Waals surface area contributed by atoms with Gasteiger partial charge in [-0.25, -0.2) is 17.2 Å². The van der Waals surface area contributed by atoms with E-state index in [4.69, 9.17) is 9.47 Å². The van der Waals surface area contributed by atoms with Gasteiger partial charge in [0.25, 0.3) is 5.92 Å². The van der Waals surface area contributed by atoms with Gasteiger partial charge in [-0.2, -0.15) is 4.31 Å². The number of aryl methyl sites for hydroxylation is 2. The normalized spacial score (nSPS) is 24.2. The number of methoxy groups -OCH3 is 1. The number of likely N-dealkylation sites (N-methyl/N-ethyl adjacent to an activating group) is 1. The van der Waals surface area contributed by atoms with E-state index >= 15 is 0 Å². The Morgan fingerprint density at radius 1 is 1.03 bits per heavy atom. The second kappa shape index (κ2) is 12.3. The Balaban J connectivity index is 1.35. The van der Waals surface area contributed by atoms with E-state index in [0.29, 0.717) is 36.0 Å². The van der Waals surface area contributed by atoms with Crippen LogP contribution in [0.3, 0.4) is 0 Å². The van der Waals surface area contributed by atoms with Gasteiger partial charge in [-0.3, -0.25) is 9.69 Å². The molecule has 3 aliphatic rings. The molecule has 39 heavy (non-hydrogen) atoms. The first-order chi connectivity index (χ1) is 18.4. The van der Waals surface area contributed by atoms with E-state index in [2.05, 4.69) is 16.8 Å². The topological polar surface area (TPSA) is 82.6 Å². The minimum atomic E-state index is -4.08. The molecular weight excluding hydrogens is 530 g/mol. The van der Waals surface area contributed by atoms with Gasteiger partial charge >= 0.3 is 0 Å². The quantitative estimate of drug-likeness (QED) is 0.473. The second-order valence-electron chi connectivity index (χ2n) is 11.1. The Morgan fingerprint density at radius 2 is 1.64 bits per heavy atom. The number of hydrogen-bond donors (Lipinski definition) is 0. The summed E-state index contributed by atoms with van der Waals surface area (Å²) in [4.78, 5) is 19.5.